The monoisotopic (exact) mass is 310 g/mol. The van der Waals surface area contributed by atoms with Crippen LogP contribution >= 0.6 is 0 Å². The number of nitrogens with one attached hydrogen (secondary N) is 1. The van der Waals surface area contributed by atoms with Gasteiger partial charge < -0.3 is 10.1 Å². The number of piperazine rings is 1. The summed E-state index contributed by atoms with van der Waals surface area (Å²) in [5, 5.41) is 3.62. The van der Waals surface area contributed by atoms with Crippen LogP contribution in [0.3, 0.4) is 0 Å². The van der Waals surface area contributed by atoms with Crippen molar-refractivity contribution >= 4 is 0 Å². The molecule has 1 rings (SSSR count). The highest BCUT2D eigenvalue weighted by Crippen LogP contribution is 2.28. The Morgan fingerprint density at radius 1 is 1.19 bits per heavy atom. The van der Waals surface area contributed by atoms with Crippen molar-refractivity contribution in [3.63, 3.8) is 0 Å². The van der Waals surface area contributed by atoms with E-state index in [-0.39, 0.29) is 17.7 Å². The average Bonchev–Trinajstić information content (AvgIpc) is 2.41. The van der Waals surface area contributed by atoms with E-state index in [9.17, 15) is 13.2 Å². The number of nitrogens with zero attached hydrogens (tertiary/aromatic N) is 1. The Labute approximate surface area is 126 Å². The van der Waals surface area contributed by atoms with Crippen LogP contribution in [0.1, 0.15) is 47.0 Å². The summed E-state index contributed by atoms with van der Waals surface area (Å²) in [5.41, 5.74) is 0.153. The van der Waals surface area contributed by atoms with Gasteiger partial charge in [-0.15, -0.1) is 0 Å². The lowest BCUT2D eigenvalue weighted by Gasteiger charge is -2.52. The Morgan fingerprint density at radius 3 is 2.38 bits per heavy atom. The summed E-state index contributed by atoms with van der Waals surface area (Å²) < 4.78 is 40.8. The van der Waals surface area contributed by atoms with Crippen LogP contribution in [0, 0.1) is 0 Å². The fourth-order valence-electron chi connectivity index (χ4n) is 2.66. The van der Waals surface area contributed by atoms with E-state index in [1.54, 1.807) is 0 Å². The molecule has 0 bridgehead atoms. The molecule has 0 aromatic heterocycles. The first-order valence-electron chi connectivity index (χ1n) is 7.79. The molecule has 1 heterocycles. The van der Waals surface area contributed by atoms with E-state index in [2.05, 4.69) is 37.9 Å². The van der Waals surface area contributed by atoms with Crippen LogP contribution in [0.2, 0.25) is 0 Å². The molecule has 2 unspecified atom stereocenters. The Morgan fingerprint density at radius 2 is 1.86 bits per heavy atom. The molecular formula is C15H29F3N2O. The van der Waals surface area contributed by atoms with Gasteiger partial charge in [0, 0.05) is 37.3 Å². The summed E-state index contributed by atoms with van der Waals surface area (Å²) in [6, 6.07) is 0. The van der Waals surface area contributed by atoms with Crippen molar-refractivity contribution in [2.45, 2.75) is 64.2 Å². The van der Waals surface area contributed by atoms with E-state index < -0.39 is 12.8 Å². The second-order valence-corrected chi connectivity index (χ2v) is 6.56. The van der Waals surface area contributed by atoms with Gasteiger partial charge in [0.05, 0.1) is 0 Å². The van der Waals surface area contributed by atoms with Crippen LogP contribution in [0.4, 0.5) is 13.2 Å². The maximum absolute atomic E-state index is 12.0. The van der Waals surface area contributed by atoms with Gasteiger partial charge >= 0.3 is 6.18 Å². The minimum Gasteiger partial charge on any atom is -0.372 e. The van der Waals surface area contributed by atoms with Crippen LogP contribution in [-0.2, 0) is 4.74 Å². The zero-order valence-corrected chi connectivity index (χ0v) is 13.6. The van der Waals surface area contributed by atoms with Crippen LogP contribution in [0.15, 0.2) is 0 Å². The molecular weight excluding hydrogens is 281 g/mol. The van der Waals surface area contributed by atoms with Gasteiger partial charge in [0.25, 0.3) is 0 Å². The molecule has 6 heteroatoms. The predicted molar refractivity (Wildman–Crippen MR) is 78.5 cm³/mol. The SMILES string of the molecule is CCC1(C)CN(CCCOCC(F)(F)F)C(C)(CC)CN1. The first kappa shape index (κ1) is 18.7. The quantitative estimate of drug-likeness (QED) is 0.731. The largest absolute Gasteiger partial charge is 0.411 e. The standard InChI is InChI=1S/C15H29F3N2O/c1-5-13(3)11-20(14(4,6-2)10-19-13)8-7-9-21-12-15(16,17)18/h19H,5-12H2,1-4H3. The summed E-state index contributed by atoms with van der Waals surface area (Å²) in [7, 11) is 0. The van der Waals surface area contributed by atoms with Crippen molar-refractivity contribution in [3.05, 3.63) is 0 Å². The van der Waals surface area contributed by atoms with Gasteiger partial charge in [-0.1, -0.05) is 13.8 Å². The third-order valence-electron chi connectivity index (χ3n) is 4.72. The molecule has 0 amide bonds. The summed E-state index contributed by atoms with van der Waals surface area (Å²) >= 11 is 0. The molecule has 0 aromatic rings. The molecule has 0 aromatic carbocycles. The van der Waals surface area contributed by atoms with Gasteiger partial charge in [-0.25, -0.2) is 0 Å². The average molecular weight is 310 g/mol. The first-order chi connectivity index (χ1) is 9.64. The fourth-order valence-corrected chi connectivity index (χ4v) is 2.66. The summed E-state index contributed by atoms with van der Waals surface area (Å²) in [6.45, 7) is 10.4. The Bertz CT molecular complexity index is 325. The number of rotatable bonds is 7. The Balaban J connectivity index is 2.45. The van der Waals surface area contributed by atoms with Crippen molar-refractivity contribution in [3.8, 4) is 0 Å². The molecule has 1 fully saturated rings. The summed E-state index contributed by atoms with van der Waals surface area (Å²) in [5.74, 6) is 0. The molecule has 3 nitrogen and oxygen atoms in total. The van der Waals surface area contributed by atoms with Crippen LogP contribution in [0.25, 0.3) is 0 Å². The number of ether oxygens (including phenoxy) is 1. The van der Waals surface area contributed by atoms with Gasteiger partial charge in [-0.2, -0.15) is 13.2 Å². The zero-order valence-electron chi connectivity index (χ0n) is 13.6. The minimum atomic E-state index is -4.23. The van der Waals surface area contributed by atoms with Gasteiger partial charge in [0.15, 0.2) is 0 Å². The second kappa shape index (κ2) is 7.29. The number of hydrogen-bond acceptors (Lipinski definition) is 3. The Hall–Kier alpha value is -0.330. The Kier molecular flexibility index (Phi) is 6.50. The molecule has 1 saturated heterocycles. The molecule has 1 aliphatic heterocycles. The number of alkyl halides is 3. The van der Waals surface area contributed by atoms with Crippen molar-refractivity contribution in [1.82, 2.24) is 10.2 Å². The van der Waals surface area contributed by atoms with Crippen LogP contribution in [0.5, 0.6) is 0 Å². The molecule has 126 valence electrons. The molecule has 2 atom stereocenters. The minimum absolute atomic E-state index is 0.0682. The number of halogens is 3. The lowest BCUT2D eigenvalue weighted by atomic mass is 9.85. The smallest absolute Gasteiger partial charge is 0.372 e. The molecule has 1 aliphatic rings. The fraction of sp³-hybridized carbons (Fsp3) is 1.00. The van der Waals surface area contributed by atoms with E-state index in [4.69, 9.17) is 4.74 Å². The third kappa shape index (κ3) is 5.75. The van der Waals surface area contributed by atoms with Crippen LogP contribution < -0.4 is 5.32 Å². The summed E-state index contributed by atoms with van der Waals surface area (Å²) in [6.07, 6.45) is -1.55. The maximum Gasteiger partial charge on any atom is 0.411 e. The van der Waals surface area contributed by atoms with Gasteiger partial charge in [-0.05, 0) is 33.1 Å². The van der Waals surface area contributed by atoms with Crippen molar-refractivity contribution in [2.24, 2.45) is 0 Å². The van der Waals surface area contributed by atoms with Gasteiger partial charge in [0.1, 0.15) is 6.61 Å². The lowest BCUT2D eigenvalue weighted by molar-refractivity contribution is -0.174. The van der Waals surface area contributed by atoms with Crippen molar-refractivity contribution in [1.29, 1.82) is 0 Å². The molecule has 21 heavy (non-hydrogen) atoms. The van der Waals surface area contributed by atoms with E-state index in [1.165, 1.54) is 0 Å². The first-order valence-corrected chi connectivity index (χ1v) is 7.79. The molecule has 0 spiro atoms. The summed E-state index contributed by atoms with van der Waals surface area (Å²) in [4.78, 5) is 2.41. The molecule has 0 saturated carbocycles. The predicted octanol–water partition coefficient (Wildman–Crippen LogP) is 3.20. The normalized spacial score (nSPS) is 31.6. The maximum atomic E-state index is 12.0. The van der Waals surface area contributed by atoms with E-state index in [0.29, 0.717) is 6.42 Å². The highest BCUT2D eigenvalue weighted by atomic mass is 19.4. The molecule has 1 N–H and O–H groups in total. The second-order valence-electron chi connectivity index (χ2n) is 6.56. The van der Waals surface area contributed by atoms with E-state index in [0.717, 1.165) is 32.5 Å². The number of hydrogen-bond donors (Lipinski definition) is 1. The topological polar surface area (TPSA) is 24.5 Å². The highest BCUT2D eigenvalue weighted by Gasteiger charge is 2.40. The highest BCUT2D eigenvalue weighted by molar-refractivity contribution is 5.00. The van der Waals surface area contributed by atoms with Gasteiger partial charge in [-0.3, -0.25) is 4.90 Å². The van der Waals surface area contributed by atoms with Crippen LogP contribution in [-0.4, -0.2) is 55.0 Å². The van der Waals surface area contributed by atoms with E-state index >= 15 is 0 Å². The molecule has 0 radical (unpaired) electrons. The van der Waals surface area contributed by atoms with E-state index in [1.807, 2.05) is 0 Å². The van der Waals surface area contributed by atoms with Crippen molar-refractivity contribution in [2.75, 3.05) is 32.8 Å². The lowest BCUT2D eigenvalue weighted by Crippen LogP contribution is -2.67. The van der Waals surface area contributed by atoms with Crippen molar-refractivity contribution < 1.29 is 17.9 Å². The zero-order chi connectivity index (χ0) is 16.1. The third-order valence-corrected chi connectivity index (χ3v) is 4.72. The molecule has 0 aliphatic carbocycles. The van der Waals surface area contributed by atoms with Gasteiger partial charge in [0.2, 0.25) is 0 Å².